The van der Waals surface area contributed by atoms with E-state index in [9.17, 15) is 21.6 Å². The maximum atomic E-state index is 13.0. The van der Waals surface area contributed by atoms with Crippen LogP contribution in [0.15, 0.2) is 71.8 Å². The topological polar surface area (TPSA) is 132 Å². The summed E-state index contributed by atoms with van der Waals surface area (Å²) in [6, 6.07) is 16.9. The molecule has 0 unspecified atom stereocenters. The molecule has 222 valence electrons. The summed E-state index contributed by atoms with van der Waals surface area (Å²) in [5, 5.41) is 1.17. The number of benzene rings is 3. The van der Waals surface area contributed by atoms with Crippen LogP contribution in [0.25, 0.3) is 16.6 Å². The molecule has 3 aromatic carbocycles. The molecule has 1 amide bonds. The number of para-hydroxylation sites is 1. The quantitative estimate of drug-likeness (QED) is 0.262. The number of hydrogen-bond acceptors (Lipinski definition) is 5. The van der Waals surface area contributed by atoms with E-state index in [2.05, 4.69) is 4.72 Å². The lowest BCUT2D eigenvalue weighted by molar-refractivity contribution is 0.100. The first-order valence-electron chi connectivity index (χ1n) is 13.4. The molecule has 1 aliphatic heterocycles. The van der Waals surface area contributed by atoms with E-state index in [0.717, 1.165) is 10.9 Å². The minimum atomic E-state index is -3.95. The van der Waals surface area contributed by atoms with Crippen molar-refractivity contribution in [3.63, 3.8) is 0 Å². The summed E-state index contributed by atoms with van der Waals surface area (Å²) in [5.74, 6) is -0.423. The average Bonchev–Trinajstić information content (AvgIpc) is 3.37. The Kier molecular flexibility index (Phi) is 8.71. The first kappa shape index (κ1) is 30.5. The van der Waals surface area contributed by atoms with Gasteiger partial charge in [0.25, 0.3) is 5.91 Å². The summed E-state index contributed by atoms with van der Waals surface area (Å²) in [7, 11) is -7.21. The molecule has 0 spiro atoms. The van der Waals surface area contributed by atoms with Crippen LogP contribution in [-0.4, -0.2) is 50.5 Å². The number of nitrogens with one attached hydrogen (secondary N) is 1. The van der Waals surface area contributed by atoms with Gasteiger partial charge in [-0.1, -0.05) is 47.5 Å². The smallest absolute Gasteiger partial charge is 0.250 e. The third-order valence-electron chi connectivity index (χ3n) is 7.61. The monoisotopic (exact) mass is 648 g/mol. The number of carbonyl (C=O) groups excluding carboxylic acids is 1. The molecule has 0 atom stereocenters. The highest BCUT2D eigenvalue weighted by molar-refractivity contribution is 7.89. The Morgan fingerprint density at radius 1 is 1.00 bits per heavy atom. The third kappa shape index (κ3) is 6.08. The number of halogens is 2. The van der Waals surface area contributed by atoms with Crippen LogP contribution >= 0.6 is 23.2 Å². The second kappa shape index (κ2) is 12.0. The van der Waals surface area contributed by atoms with Gasteiger partial charge in [-0.3, -0.25) is 4.79 Å². The lowest BCUT2D eigenvalue weighted by Gasteiger charge is -2.30. The van der Waals surface area contributed by atoms with Crippen molar-refractivity contribution in [2.24, 2.45) is 5.73 Å². The molecule has 1 aliphatic rings. The molecular formula is C29H30Cl2N4O5S2. The van der Waals surface area contributed by atoms with Gasteiger partial charge in [0.2, 0.25) is 20.0 Å². The van der Waals surface area contributed by atoms with Crippen LogP contribution in [0.1, 0.15) is 47.2 Å². The van der Waals surface area contributed by atoms with Crippen LogP contribution in [0.3, 0.4) is 0 Å². The Morgan fingerprint density at radius 3 is 2.40 bits per heavy atom. The van der Waals surface area contributed by atoms with Crippen LogP contribution in [0, 0.1) is 0 Å². The number of primary amides is 1. The zero-order chi connectivity index (χ0) is 30.2. The van der Waals surface area contributed by atoms with Gasteiger partial charge in [0, 0.05) is 41.9 Å². The molecule has 1 aromatic heterocycles. The zero-order valence-electron chi connectivity index (χ0n) is 22.8. The molecule has 4 aromatic rings. The van der Waals surface area contributed by atoms with Crippen molar-refractivity contribution in [2.45, 2.75) is 37.1 Å². The fraction of sp³-hybridized carbons (Fsp3) is 0.276. The minimum Gasteiger partial charge on any atom is -0.366 e. The molecule has 9 nitrogen and oxygen atoms in total. The SMILES string of the molecule is CCS(=O)(=O)N1CCC(c2cn(-c3cccc(CNS(=O)(=O)c4cc(Cl)ccc4Cl)c3)c3c(C(N)=O)cccc23)CC1. The van der Waals surface area contributed by atoms with Crippen LogP contribution in [-0.2, 0) is 26.6 Å². The first-order chi connectivity index (χ1) is 19.9. The molecule has 2 heterocycles. The summed E-state index contributed by atoms with van der Waals surface area (Å²) >= 11 is 12.1. The van der Waals surface area contributed by atoms with Crippen molar-refractivity contribution in [1.29, 1.82) is 0 Å². The predicted octanol–water partition coefficient (Wildman–Crippen LogP) is 5.04. The lowest BCUT2D eigenvalue weighted by Crippen LogP contribution is -2.38. The number of amides is 1. The van der Waals surface area contributed by atoms with Gasteiger partial charge in [-0.2, -0.15) is 0 Å². The number of sulfonamides is 2. The van der Waals surface area contributed by atoms with E-state index < -0.39 is 26.0 Å². The standard InChI is InChI=1S/C29H30Cl2N4O5S2/c1-2-41(37,38)34-13-11-20(12-14-34)25-18-35(28-23(25)7-4-8-24(28)29(32)36)22-6-3-5-19(15-22)17-33-42(39,40)27-16-21(30)9-10-26(27)31/h3-10,15-16,18,20,33H,2,11-14,17H2,1H3,(H2,32,36). The fourth-order valence-corrected chi connectivity index (χ4v) is 8.33. The number of aromatic nitrogens is 1. The maximum Gasteiger partial charge on any atom is 0.250 e. The summed E-state index contributed by atoms with van der Waals surface area (Å²) in [4.78, 5) is 12.4. The molecule has 3 N–H and O–H groups in total. The van der Waals surface area contributed by atoms with E-state index in [1.807, 2.05) is 29.0 Å². The highest BCUT2D eigenvalue weighted by Crippen LogP contribution is 2.37. The Morgan fingerprint density at radius 2 is 1.71 bits per heavy atom. The van der Waals surface area contributed by atoms with Gasteiger partial charge in [0.1, 0.15) is 4.90 Å². The van der Waals surface area contributed by atoms with Gasteiger partial charge < -0.3 is 10.3 Å². The Labute approximate surface area is 255 Å². The zero-order valence-corrected chi connectivity index (χ0v) is 25.9. The number of nitrogens with zero attached hydrogens (tertiary/aromatic N) is 2. The average molecular weight is 650 g/mol. The van der Waals surface area contributed by atoms with Gasteiger partial charge in [0.15, 0.2) is 0 Å². The van der Waals surface area contributed by atoms with E-state index in [1.165, 1.54) is 18.2 Å². The third-order valence-corrected chi connectivity index (χ3v) is 11.6. The molecule has 5 rings (SSSR count). The number of carbonyl (C=O) groups is 1. The molecule has 0 radical (unpaired) electrons. The number of fused-ring (bicyclic) bond motifs is 1. The summed E-state index contributed by atoms with van der Waals surface area (Å²) in [5.41, 5.74) is 9.16. The Balaban J connectivity index is 1.49. The van der Waals surface area contributed by atoms with E-state index in [0.29, 0.717) is 48.3 Å². The first-order valence-corrected chi connectivity index (χ1v) is 17.2. The number of piperidine rings is 1. The highest BCUT2D eigenvalue weighted by atomic mass is 35.5. The van der Waals surface area contributed by atoms with E-state index in [1.54, 1.807) is 35.5 Å². The van der Waals surface area contributed by atoms with Crippen molar-refractivity contribution < 1.29 is 21.6 Å². The highest BCUT2D eigenvalue weighted by Gasteiger charge is 2.30. The van der Waals surface area contributed by atoms with Crippen LogP contribution in [0.5, 0.6) is 0 Å². The molecular weight excluding hydrogens is 619 g/mol. The Bertz CT molecular complexity index is 1880. The second-order valence-electron chi connectivity index (χ2n) is 10.2. The van der Waals surface area contributed by atoms with Crippen molar-refractivity contribution in [1.82, 2.24) is 13.6 Å². The number of hydrogen-bond donors (Lipinski definition) is 2. The molecule has 1 saturated heterocycles. The lowest BCUT2D eigenvalue weighted by atomic mass is 9.89. The summed E-state index contributed by atoms with van der Waals surface area (Å²) < 4.78 is 56.7. The fourth-order valence-electron chi connectivity index (χ4n) is 5.42. The van der Waals surface area contributed by atoms with Gasteiger partial charge in [-0.25, -0.2) is 25.9 Å². The van der Waals surface area contributed by atoms with Crippen molar-refractivity contribution in [3.8, 4) is 5.69 Å². The van der Waals surface area contributed by atoms with E-state index in [4.69, 9.17) is 28.9 Å². The molecule has 42 heavy (non-hydrogen) atoms. The van der Waals surface area contributed by atoms with Crippen LogP contribution in [0.2, 0.25) is 10.0 Å². The van der Waals surface area contributed by atoms with E-state index >= 15 is 0 Å². The molecule has 0 aliphatic carbocycles. The van der Waals surface area contributed by atoms with Gasteiger partial charge >= 0.3 is 0 Å². The number of nitrogens with two attached hydrogens (primary N) is 1. The van der Waals surface area contributed by atoms with Crippen molar-refractivity contribution in [3.05, 3.63) is 93.6 Å². The molecule has 13 heteroatoms. The summed E-state index contributed by atoms with van der Waals surface area (Å²) in [6.45, 7) is 2.48. The van der Waals surface area contributed by atoms with E-state index in [-0.39, 0.29) is 33.2 Å². The van der Waals surface area contributed by atoms with Crippen molar-refractivity contribution in [2.75, 3.05) is 18.8 Å². The van der Waals surface area contributed by atoms with Crippen LogP contribution in [0.4, 0.5) is 0 Å². The second-order valence-corrected chi connectivity index (χ2v) is 15.0. The van der Waals surface area contributed by atoms with Crippen LogP contribution < -0.4 is 10.5 Å². The minimum absolute atomic E-state index is 0.0158. The predicted molar refractivity (Wildman–Crippen MR) is 165 cm³/mol. The normalized spacial score (nSPS) is 15.3. The molecule has 0 saturated carbocycles. The van der Waals surface area contributed by atoms with Gasteiger partial charge in [0.05, 0.1) is 21.9 Å². The largest absolute Gasteiger partial charge is 0.366 e. The van der Waals surface area contributed by atoms with Gasteiger partial charge in [-0.15, -0.1) is 0 Å². The Hall–Kier alpha value is -2.93. The van der Waals surface area contributed by atoms with Crippen molar-refractivity contribution >= 4 is 60.1 Å². The molecule has 1 fully saturated rings. The van der Waals surface area contributed by atoms with Gasteiger partial charge in [-0.05, 0) is 73.2 Å². The molecule has 0 bridgehead atoms. The number of rotatable bonds is 9. The maximum absolute atomic E-state index is 13.0. The summed E-state index contributed by atoms with van der Waals surface area (Å²) in [6.07, 6.45) is 3.26.